The summed E-state index contributed by atoms with van der Waals surface area (Å²) in [5.41, 5.74) is 0.395. The molecule has 0 aliphatic carbocycles. The molecule has 2 atom stereocenters. The van der Waals surface area contributed by atoms with Crippen molar-refractivity contribution in [1.82, 2.24) is 10.2 Å². The Morgan fingerprint density at radius 1 is 1.11 bits per heavy atom. The van der Waals surface area contributed by atoms with Gasteiger partial charge >= 0.3 is 0 Å². The summed E-state index contributed by atoms with van der Waals surface area (Å²) in [5, 5.41) is 3.81. The second kappa shape index (κ2) is 8.26. The van der Waals surface area contributed by atoms with Gasteiger partial charge in [-0.3, -0.25) is 0 Å². The van der Waals surface area contributed by atoms with Crippen LogP contribution in [0, 0.1) is 11.3 Å². The maximum absolute atomic E-state index is 3.81. The lowest BCUT2D eigenvalue weighted by Crippen LogP contribution is -2.50. The van der Waals surface area contributed by atoms with Crippen LogP contribution in [0.1, 0.15) is 66.7 Å². The van der Waals surface area contributed by atoms with Crippen molar-refractivity contribution in [3.05, 3.63) is 0 Å². The molecule has 1 aliphatic rings. The fraction of sp³-hybridized carbons (Fsp3) is 1.00. The minimum Gasteiger partial charge on any atom is -0.312 e. The van der Waals surface area contributed by atoms with Crippen molar-refractivity contribution in [2.45, 2.75) is 72.8 Å². The van der Waals surface area contributed by atoms with Crippen LogP contribution in [0.5, 0.6) is 0 Å². The van der Waals surface area contributed by atoms with E-state index in [1.807, 2.05) is 0 Å². The SMILES string of the molecule is CCCCN1CC(CCC)CC(NCC(C)(C)C)C1. The third-order valence-electron chi connectivity index (χ3n) is 4.06. The summed E-state index contributed by atoms with van der Waals surface area (Å²) < 4.78 is 0. The van der Waals surface area contributed by atoms with Crippen LogP contribution in [0.3, 0.4) is 0 Å². The zero-order chi connectivity index (χ0) is 14.3. The van der Waals surface area contributed by atoms with Gasteiger partial charge in [-0.25, -0.2) is 0 Å². The number of piperidine rings is 1. The van der Waals surface area contributed by atoms with E-state index < -0.39 is 0 Å². The monoisotopic (exact) mass is 268 g/mol. The lowest BCUT2D eigenvalue weighted by atomic mass is 9.89. The van der Waals surface area contributed by atoms with E-state index in [0.717, 1.165) is 12.5 Å². The molecule has 1 rings (SSSR count). The van der Waals surface area contributed by atoms with Gasteiger partial charge in [-0.15, -0.1) is 0 Å². The normalized spacial score (nSPS) is 25.7. The van der Waals surface area contributed by atoms with Crippen LogP contribution in [-0.2, 0) is 0 Å². The Morgan fingerprint density at radius 2 is 1.84 bits per heavy atom. The van der Waals surface area contributed by atoms with E-state index in [9.17, 15) is 0 Å². The van der Waals surface area contributed by atoms with E-state index in [2.05, 4.69) is 44.8 Å². The standard InChI is InChI=1S/C17H36N2/c1-6-8-10-19-12-15(9-7-2)11-16(13-19)18-14-17(3,4)5/h15-16,18H,6-14H2,1-5H3. The number of unbranched alkanes of at least 4 members (excludes halogenated alkanes) is 1. The maximum atomic E-state index is 3.81. The first-order valence-electron chi connectivity index (χ1n) is 8.40. The molecule has 0 spiro atoms. The van der Waals surface area contributed by atoms with Gasteiger partial charge in [0.15, 0.2) is 0 Å². The topological polar surface area (TPSA) is 15.3 Å². The molecule has 114 valence electrons. The van der Waals surface area contributed by atoms with E-state index in [1.54, 1.807) is 0 Å². The number of likely N-dealkylation sites (tertiary alicyclic amines) is 1. The average molecular weight is 268 g/mol. The first-order valence-corrected chi connectivity index (χ1v) is 8.40. The number of hydrogen-bond acceptors (Lipinski definition) is 2. The molecule has 0 bridgehead atoms. The van der Waals surface area contributed by atoms with Gasteiger partial charge in [-0.05, 0) is 37.1 Å². The van der Waals surface area contributed by atoms with Gasteiger partial charge in [0.25, 0.3) is 0 Å². The van der Waals surface area contributed by atoms with Gasteiger partial charge in [0.05, 0.1) is 0 Å². The van der Waals surface area contributed by atoms with E-state index in [-0.39, 0.29) is 0 Å². The molecule has 0 aromatic rings. The predicted molar refractivity (Wildman–Crippen MR) is 85.6 cm³/mol. The Labute approximate surface area is 121 Å². The minimum atomic E-state index is 0.395. The fourth-order valence-corrected chi connectivity index (χ4v) is 3.08. The Balaban J connectivity index is 2.44. The molecule has 1 aliphatic heterocycles. The molecule has 1 N–H and O–H groups in total. The molecule has 0 radical (unpaired) electrons. The second-order valence-corrected chi connectivity index (χ2v) is 7.64. The summed E-state index contributed by atoms with van der Waals surface area (Å²) in [7, 11) is 0. The van der Waals surface area contributed by atoms with Crippen LogP contribution in [-0.4, -0.2) is 37.1 Å². The highest BCUT2D eigenvalue weighted by Gasteiger charge is 2.26. The first kappa shape index (κ1) is 17.0. The van der Waals surface area contributed by atoms with Gasteiger partial charge in [0.2, 0.25) is 0 Å². The van der Waals surface area contributed by atoms with Crippen LogP contribution in [0.15, 0.2) is 0 Å². The molecule has 0 saturated carbocycles. The summed E-state index contributed by atoms with van der Waals surface area (Å²) in [4.78, 5) is 2.70. The zero-order valence-corrected chi connectivity index (χ0v) is 14.0. The molecule has 1 fully saturated rings. The van der Waals surface area contributed by atoms with Crippen molar-refractivity contribution in [3.8, 4) is 0 Å². The molecule has 0 aromatic carbocycles. The number of rotatable bonds is 7. The minimum absolute atomic E-state index is 0.395. The highest BCUT2D eigenvalue weighted by atomic mass is 15.2. The van der Waals surface area contributed by atoms with Gasteiger partial charge < -0.3 is 10.2 Å². The third kappa shape index (κ3) is 7.31. The first-order chi connectivity index (χ1) is 8.94. The molecule has 1 saturated heterocycles. The molecule has 19 heavy (non-hydrogen) atoms. The van der Waals surface area contributed by atoms with Crippen LogP contribution in [0.2, 0.25) is 0 Å². The smallest absolute Gasteiger partial charge is 0.0198 e. The van der Waals surface area contributed by atoms with Crippen LogP contribution >= 0.6 is 0 Å². The molecule has 1 heterocycles. The van der Waals surface area contributed by atoms with Gasteiger partial charge in [0, 0.05) is 25.7 Å². The number of nitrogens with one attached hydrogen (secondary N) is 1. The zero-order valence-electron chi connectivity index (χ0n) is 14.0. The van der Waals surface area contributed by atoms with E-state index >= 15 is 0 Å². The van der Waals surface area contributed by atoms with Gasteiger partial charge in [-0.2, -0.15) is 0 Å². The van der Waals surface area contributed by atoms with Crippen LogP contribution in [0.25, 0.3) is 0 Å². The summed E-state index contributed by atoms with van der Waals surface area (Å²) >= 11 is 0. The van der Waals surface area contributed by atoms with Crippen molar-refractivity contribution < 1.29 is 0 Å². The van der Waals surface area contributed by atoms with Crippen molar-refractivity contribution in [3.63, 3.8) is 0 Å². The Hall–Kier alpha value is -0.0800. The lowest BCUT2D eigenvalue weighted by molar-refractivity contribution is 0.128. The highest BCUT2D eigenvalue weighted by Crippen LogP contribution is 2.22. The average Bonchev–Trinajstić information content (AvgIpc) is 2.33. The summed E-state index contributed by atoms with van der Waals surface area (Å²) in [6, 6.07) is 0.710. The lowest BCUT2D eigenvalue weighted by Gasteiger charge is -2.39. The molecule has 2 nitrogen and oxygen atoms in total. The van der Waals surface area contributed by atoms with E-state index in [1.165, 1.54) is 51.7 Å². The molecular formula is C17H36N2. The third-order valence-corrected chi connectivity index (χ3v) is 4.06. The van der Waals surface area contributed by atoms with Gasteiger partial charge in [-0.1, -0.05) is 47.5 Å². The molecule has 2 unspecified atom stereocenters. The van der Waals surface area contributed by atoms with Crippen molar-refractivity contribution in [1.29, 1.82) is 0 Å². The van der Waals surface area contributed by atoms with Crippen molar-refractivity contribution in [2.75, 3.05) is 26.2 Å². The molecule has 0 amide bonds. The molecule has 2 heteroatoms. The summed E-state index contributed by atoms with van der Waals surface area (Å²) in [6.45, 7) is 16.6. The Kier molecular flexibility index (Phi) is 7.38. The highest BCUT2D eigenvalue weighted by molar-refractivity contribution is 4.84. The second-order valence-electron chi connectivity index (χ2n) is 7.64. The summed E-state index contributed by atoms with van der Waals surface area (Å²) in [5.74, 6) is 0.910. The Morgan fingerprint density at radius 3 is 2.42 bits per heavy atom. The van der Waals surface area contributed by atoms with Crippen LogP contribution in [0.4, 0.5) is 0 Å². The van der Waals surface area contributed by atoms with Crippen LogP contribution < -0.4 is 5.32 Å². The predicted octanol–water partition coefficient (Wildman–Crippen LogP) is 3.91. The fourth-order valence-electron chi connectivity index (χ4n) is 3.08. The van der Waals surface area contributed by atoms with Crippen molar-refractivity contribution in [2.24, 2.45) is 11.3 Å². The van der Waals surface area contributed by atoms with E-state index in [4.69, 9.17) is 0 Å². The van der Waals surface area contributed by atoms with Gasteiger partial charge in [0.1, 0.15) is 0 Å². The maximum Gasteiger partial charge on any atom is 0.0198 e. The quantitative estimate of drug-likeness (QED) is 0.753. The molecular weight excluding hydrogens is 232 g/mol. The van der Waals surface area contributed by atoms with Crippen molar-refractivity contribution >= 4 is 0 Å². The summed E-state index contributed by atoms with van der Waals surface area (Å²) in [6.07, 6.45) is 6.78. The number of hydrogen-bond donors (Lipinski definition) is 1. The molecule has 0 aromatic heterocycles. The largest absolute Gasteiger partial charge is 0.312 e. The Bertz CT molecular complexity index is 232. The van der Waals surface area contributed by atoms with E-state index in [0.29, 0.717) is 11.5 Å². The number of nitrogens with zero attached hydrogens (tertiary/aromatic N) is 1.